The second-order valence-corrected chi connectivity index (χ2v) is 5.51. The number of carbonyl (C=O) groups is 1. The summed E-state index contributed by atoms with van der Waals surface area (Å²) in [4.78, 5) is 21.7. The number of carbonyl (C=O) groups excluding carboxylic acids is 1. The summed E-state index contributed by atoms with van der Waals surface area (Å²) in [6.45, 7) is 6.17. The van der Waals surface area contributed by atoms with Gasteiger partial charge >= 0.3 is 0 Å². The zero-order valence-electron chi connectivity index (χ0n) is 11.9. The highest BCUT2D eigenvalue weighted by Gasteiger charge is 2.14. The van der Waals surface area contributed by atoms with E-state index in [2.05, 4.69) is 10.6 Å². The van der Waals surface area contributed by atoms with Crippen molar-refractivity contribution in [3.8, 4) is 0 Å². The van der Waals surface area contributed by atoms with Gasteiger partial charge in [-0.15, -0.1) is 0 Å². The van der Waals surface area contributed by atoms with Crippen LogP contribution >= 0.6 is 0 Å². The van der Waals surface area contributed by atoms with Crippen LogP contribution < -0.4 is 16.4 Å². The largest absolute Gasteiger partial charge is 0.393 e. The summed E-state index contributed by atoms with van der Waals surface area (Å²) >= 11 is 0. The maximum atomic E-state index is 11.6. The zero-order chi connectivity index (χ0) is 15.3. The number of hydrogen-bond donors (Lipinski definition) is 3. The Kier molecular flexibility index (Phi) is 4.90. The van der Waals surface area contributed by atoms with E-state index >= 15 is 0 Å². The molecule has 0 spiro atoms. The van der Waals surface area contributed by atoms with Crippen molar-refractivity contribution in [2.24, 2.45) is 0 Å². The Hall–Kier alpha value is -2.31. The molecule has 1 amide bonds. The SMILES string of the molecule is CC(C)(C)NC(=O)CCNc1ccc([N+](=O)[O-])c(N)c1. The van der Waals surface area contributed by atoms with E-state index in [9.17, 15) is 14.9 Å². The highest BCUT2D eigenvalue weighted by Crippen LogP contribution is 2.24. The van der Waals surface area contributed by atoms with Gasteiger partial charge in [0.05, 0.1) is 4.92 Å². The Morgan fingerprint density at radius 2 is 2.05 bits per heavy atom. The lowest BCUT2D eigenvalue weighted by Crippen LogP contribution is -2.41. The monoisotopic (exact) mass is 280 g/mol. The molecular formula is C13H20N4O3. The summed E-state index contributed by atoms with van der Waals surface area (Å²) in [5, 5.41) is 16.5. The van der Waals surface area contributed by atoms with Crippen LogP contribution in [0.15, 0.2) is 18.2 Å². The molecule has 0 atom stereocenters. The molecule has 1 aromatic rings. The van der Waals surface area contributed by atoms with Gasteiger partial charge in [0.15, 0.2) is 0 Å². The van der Waals surface area contributed by atoms with Crippen LogP contribution in [0.5, 0.6) is 0 Å². The van der Waals surface area contributed by atoms with E-state index in [1.165, 1.54) is 12.1 Å². The fourth-order valence-corrected chi connectivity index (χ4v) is 1.63. The minimum Gasteiger partial charge on any atom is -0.393 e. The summed E-state index contributed by atoms with van der Waals surface area (Å²) in [6, 6.07) is 4.39. The van der Waals surface area contributed by atoms with Crippen LogP contribution in [-0.4, -0.2) is 22.9 Å². The van der Waals surface area contributed by atoms with Gasteiger partial charge in [0, 0.05) is 30.3 Å². The number of nitrogen functional groups attached to an aromatic ring is 1. The van der Waals surface area contributed by atoms with E-state index in [0.29, 0.717) is 18.7 Å². The standard InChI is InChI=1S/C13H20N4O3/c1-13(2,3)16-12(18)6-7-15-9-4-5-11(17(19)20)10(14)8-9/h4-5,8,15H,6-7,14H2,1-3H3,(H,16,18). The summed E-state index contributed by atoms with van der Waals surface area (Å²) in [5.41, 5.74) is 5.94. The highest BCUT2D eigenvalue weighted by atomic mass is 16.6. The molecule has 0 bridgehead atoms. The van der Waals surface area contributed by atoms with Crippen LogP contribution in [0.1, 0.15) is 27.2 Å². The predicted octanol–water partition coefficient (Wildman–Crippen LogP) is 1.89. The number of nitrogens with zero attached hydrogens (tertiary/aromatic N) is 1. The molecule has 0 saturated heterocycles. The maximum absolute atomic E-state index is 11.6. The molecule has 4 N–H and O–H groups in total. The van der Waals surface area contributed by atoms with Gasteiger partial charge in [0.2, 0.25) is 5.91 Å². The summed E-state index contributed by atoms with van der Waals surface area (Å²) < 4.78 is 0. The molecule has 0 saturated carbocycles. The van der Waals surface area contributed by atoms with E-state index in [4.69, 9.17) is 5.73 Å². The molecule has 1 aromatic carbocycles. The van der Waals surface area contributed by atoms with Crippen molar-refractivity contribution in [2.45, 2.75) is 32.7 Å². The van der Waals surface area contributed by atoms with Gasteiger partial charge in [0.1, 0.15) is 5.69 Å². The lowest BCUT2D eigenvalue weighted by Gasteiger charge is -2.20. The molecule has 0 aliphatic carbocycles. The van der Waals surface area contributed by atoms with Crippen LogP contribution in [0.2, 0.25) is 0 Å². The van der Waals surface area contributed by atoms with Crippen LogP contribution in [0, 0.1) is 10.1 Å². The molecule has 20 heavy (non-hydrogen) atoms. The minimum absolute atomic E-state index is 0.0557. The van der Waals surface area contributed by atoms with Crippen LogP contribution in [0.25, 0.3) is 0 Å². The Morgan fingerprint density at radius 3 is 2.55 bits per heavy atom. The Balaban J connectivity index is 2.49. The lowest BCUT2D eigenvalue weighted by molar-refractivity contribution is -0.383. The van der Waals surface area contributed by atoms with E-state index in [-0.39, 0.29) is 22.8 Å². The second kappa shape index (κ2) is 6.23. The third-order valence-corrected chi connectivity index (χ3v) is 2.42. The molecule has 0 unspecified atom stereocenters. The number of anilines is 2. The molecule has 110 valence electrons. The number of hydrogen-bond acceptors (Lipinski definition) is 5. The van der Waals surface area contributed by atoms with Crippen LogP contribution in [0.3, 0.4) is 0 Å². The van der Waals surface area contributed by atoms with Crippen molar-refractivity contribution in [1.29, 1.82) is 0 Å². The number of nitro groups is 1. The molecule has 0 aromatic heterocycles. The molecule has 1 rings (SSSR count). The smallest absolute Gasteiger partial charge is 0.292 e. The van der Waals surface area contributed by atoms with Crippen molar-refractivity contribution in [2.75, 3.05) is 17.6 Å². The van der Waals surface area contributed by atoms with Crippen molar-refractivity contribution < 1.29 is 9.72 Å². The maximum Gasteiger partial charge on any atom is 0.292 e. The van der Waals surface area contributed by atoms with E-state index in [1.54, 1.807) is 6.07 Å². The summed E-state index contributed by atoms with van der Waals surface area (Å²) in [5.74, 6) is -0.0557. The molecular weight excluding hydrogens is 260 g/mol. The normalized spacial score (nSPS) is 10.9. The van der Waals surface area contributed by atoms with Gasteiger partial charge in [-0.05, 0) is 32.9 Å². The fourth-order valence-electron chi connectivity index (χ4n) is 1.63. The minimum atomic E-state index is -0.532. The molecule has 0 aliphatic heterocycles. The zero-order valence-corrected chi connectivity index (χ0v) is 11.9. The van der Waals surface area contributed by atoms with Gasteiger partial charge in [-0.1, -0.05) is 0 Å². The molecule has 0 aliphatic rings. The highest BCUT2D eigenvalue weighted by molar-refractivity contribution is 5.77. The van der Waals surface area contributed by atoms with Gasteiger partial charge < -0.3 is 16.4 Å². The van der Waals surface area contributed by atoms with Gasteiger partial charge in [-0.3, -0.25) is 14.9 Å². The first-order valence-electron chi connectivity index (χ1n) is 6.28. The second-order valence-electron chi connectivity index (χ2n) is 5.51. The number of nitro benzene ring substituents is 1. The van der Waals surface area contributed by atoms with Crippen molar-refractivity contribution in [3.05, 3.63) is 28.3 Å². The average Bonchev–Trinajstić information content (AvgIpc) is 2.25. The molecule has 7 heteroatoms. The van der Waals surface area contributed by atoms with Crippen LogP contribution in [0.4, 0.5) is 17.1 Å². The van der Waals surface area contributed by atoms with Gasteiger partial charge in [0.25, 0.3) is 5.69 Å². The van der Waals surface area contributed by atoms with Gasteiger partial charge in [-0.25, -0.2) is 0 Å². The predicted molar refractivity (Wildman–Crippen MR) is 78.5 cm³/mol. The number of benzene rings is 1. The Bertz CT molecular complexity index is 509. The van der Waals surface area contributed by atoms with E-state index in [1.807, 2.05) is 20.8 Å². The fraction of sp³-hybridized carbons (Fsp3) is 0.462. The Morgan fingerprint density at radius 1 is 1.40 bits per heavy atom. The first-order chi connectivity index (χ1) is 9.19. The number of rotatable bonds is 5. The van der Waals surface area contributed by atoms with E-state index < -0.39 is 4.92 Å². The molecule has 7 nitrogen and oxygen atoms in total. The first kappa shape index (κ1) is 15.7. The molecule has 0 radical (unpaired) electrons. The topological polar surface area (TPSA) is 110 Å². The van der Waals surface area contributed by atoms with E-state index in [0.717, 1.165) is 0 Å². The van der Waals surface area contributed by atoms with Gasteiger partial charge in [-0.2, -0.15) is 0 Å². The van der Waals surface area contributed by atoms with Crippen molar-refractivity contribution >= 4 is 23.0 Å². The van der Waals surface area contributed by atoms with Crippen LogP contribution in [-0.2, 0) is 4.79 Å². The molecule has 0 fully saturated rings. The van der Waals surface area contributed by atoms with Crippen molar-refractivity contribution in [1.82, 2.24) is 5.32 Å². The quantitative estimate of drug-likeness (QED) is 0.433. The first-order valence-corrected chi connectivity index (χ1v) is 6.28. The number of nitrogens with two attached hydrogens (primary N) is 1. The molecule has 0 heterocycles. The summed E-state index contributed by atoms with van der Waals surface area (Å²) in [6.07, 6.45) is 0.314. The third-order valence-electron chi connectivity index (χ3n) is 2.42. The third kappa shape index (κ3) is 5.13. The van der Waals surface area contributed by atoms with Crippen molar-refractivity contribution in [3.63, 3.8) is 0 Å². The number of nitrogens with one attached hydrogen (secondary N) is 2. The Labute approximate surface area is 117 Å². The summed E-state index contributed by atoms with van der Waals surface area (Å²) in [7, 11) is 0. The lowest BCUT2D eigenvalue weighted by atomic mass is 10.1. The number of amides is 1. The average molecular weight is 280 g/mol.